The van der Waals surface area contributed by atoms with Crippen LogP contribution in [0.2, 0.25) is 0 Å². The number of carbonyl (C=O) groups excluding carboxylic acids is 1. The molecular weight excluding hydrogens is 252 g/mol. The number of carbonyl (C=O) groups is 2. The Labute approximate surface area is 108 Å². The van der Waals surface area contributed by atoms with Crippen LogP contribution in [0.4, 0.5) is 5.82 Å². The van der Waals surface area contributed by atoms with E-state index in [0.717, 1.165) is 0 Å². The number of amides is 1. The number of aromatic nitrogens is 1. The molecular formula is C12H12N2O5. The molecule has 1 aromatic heterocycles. The quantitative estimate of drug-likeness (QED) is 0.774. The predicted molar refractivity (Wildman–Crippen MR) is 62.3 cm³/mol. The van der Waals surface area contributed by atoms with Crippen LogP contribution in [-0.2, 0) is 14.3 Å². The molecule has 7 nitrogen and oxygen atoms in total. The number of aryl methyl sites for hydroxylation is 1. The highest BCUT2D eigenvalue weighted by Gasteiger charge is 2.53. The van der Waals surface area contributed by atoms with Gasteiger partial charge < -0.3 is 19.7 Å². The molecule has 1 saturated heterocycles. The second kappa shape index (κ2) is 4.20. The number of nitrogens with one attached hydrogen (secondary N) is 1. The summed E-state index contributed by atoms with van der Waals surface area (Å²) in [6, 6.07) is 1.57. The lowest BCUT2D eigenvalue weighted by molar-refractivity contribution is -0.145. The summed E-state index contributed by atoms with van der Waals surface area (Å²) in [7, 11) is 0. The van der Waals surface area contributed by atoms with Crippen molar-refractivity contribution in [2.75, 3.05) is 5.32 Å². The molecule has 1 amide bonds. The van der Waals surface area contributed by atoms with E-state index < -0.39 is 35.9 Å². The van der Waals surface area contributed by atoms with Crippen LogP contribution in [0.1, 0.15) is 5.76 Å². The summed E-state index contributed by atoms with van der Waals surface area (Å²) >= 11 is 0. The molecule has 4 atom stereocenters. The number of ether oxygens (including phenoxy) is 1. The zero-order chi connectivity index (χ0) is 13.6. The normalized spacial score (nSPS) is 31.6. The minimum absolute atomic E-state index is 0.276. The zero-order valence-electron chi connectivity index (χ0n) is 10.1. The molecule has 0 spiro atoms. The van der Waals surface area contributed by atoms with Crippen molar-refractivity contribution < 1.29 is 24.0 Å². The Balaban J connectivity index is 1.79. The fourth-order valence-corrected chi connectivity index (χ4v) is 2.55. The first kappa shape index (κ1) is 11.9. The summed E-state index contributed by atoms with van der Waals surface area (Å²) in [5.41, 5.74) is 0. The van der Waals surface area contributed by atoms with E-state index in [1.165, 1.54) is 0 Å². The van der Waals surface area contributed by atoms with Crippen molar-refractivity contribution in [1.29, 1.82) is 0 Å². The molecule has 7 heteroatoms. The lowest BCUT2D eigenvalue weighted by atomic mass is 9.82. The first-order valence-electron chi connectivity index (χ1n) is 5.87. The van der Waals surface area contributed by atoms with Gasteiger partial charge in [-0.2, -0.15) is 0 Å². The maximum absolute atomic E-state index is 12.2. The van der Waals surface area contributed by atoms with Crippen LogP contribution in [0.3, 0.4) is 0 Å². The molecule has 0 aromatic carbocycles. The molecule has 1 aromatic rings. The molecule has 2 bridgehead atoms. The average Bonchev–Trinajstić information content (AvgIpc) is 3.03. The van der Waals surface area contributed by atoms with E-state index in [1.807, 2.05) is 0 Å². The predicted octanol–water partition coefficient (Wildman–Crippen LogP) is 0.576. The van der Waals surface area contributed by atoms with E-state index in [0.29, 0.717) is 5.76 Å². The molecule has 0 aliphatic carbocycles. The summed E-state index contributed by atoms with van der Waals surface area (Å²) < 4.78 is 10.3. The van der Waals surface area contributed by atoms with Crippen LogP contribution >= 0.6 is 0 Å². The SMILES string of the molecule is Cc1cc(NC(=O)[C@@H]2[C@@H](C(=O)O)[C@@H]3C=C[C@@H]2O3)no1. The molecule has 1 fully saturated rings. The number of nitrogens with zero attached hydrogens (tertiary/aromatic N) is 1. The Morgan fingerprint density at radius 1 is 1.32 bits per heavy atom. The third-order valence-electron chi connectivity index (χ3n) is 3.37. The van der Waals surface area contributed by atoms with Crippen LogP contribution in [0, 0.1) is 18.8 Å². The van der Waals surface area contributed by atoms with Gasteiger partial charge in [-0.15, -0.1) is 0 Å². The molecule has 0 saturated carbocycles. The zero-order valence-corrected chi connectivity index (χ0v) is 10.1. The van der Waals surface area contributed by atoms with Gasteiger partial charge in [-0.1, -0.05) is 17.3 Å². The second-order valence-corrected chi connectivity index (χ2v) is 4.65. The summed E-state index contributed by atoms with van der Waals surface area (Å²) in [6.07, 6.45) is 2.40. The van der Waals surface area contributed by atoms with Crippen LogP contribution in [-0.4, -0.2) is 34.3 Å². The fourth-order valence-electron chi connectivity index (χ4n) is 2.55. The highest BCUT2D eigenvalue weighted by molar-refractivity contribution is 5.96. The van der Waals surface area contributed by atoms with Gasteiger partial charge in [0.15, 0.2) is 5.82 Å². The lowest BCUT2D eigenvalue weighted by Crippen LogP contribution is -2.39. The van der Waals surface area contributed by atoms with Crippen molar-refractivity contribution in [3.8, 4) is 0 Å². The van der Waals surface area contributed by atoms with Gasteiger partial charge >= 0.3 is 5.97 Å². The van der Waals surface area contributed by atoms with E-state index in [-0.39, 0.29) is 5.82 Å². The van der Waals surface area contributed by atoms with E-state index in [1.54, 1.807) is 25.1 Å². The van der Waals surface area contributed by atoms with Gasteiger partial charge in [-0.25, -0.2) is 0 Å². The fraction of sp³-hybridized carbons (Fsp3) is 0.417. The molecule has 3 rings (SSSR count). The van der Waals surface area contributed by atoms with Gasteiger partial charge in [0.2, 0.25) is 5.91 Å². The van der Waals surface area contributed by atoms with Gasteiger partial charge in [0.25, 0.3) is 0 Å². The maximum Gasteiger partial charge on any atom is 0.310 e. The molecule has 0 radical (unpaired) electrons. The molecule has 3 heterocycles. The van der Waals surface area contributed by atoms with Crippen molar-refractivity contribution >= 4 is 17.7 Å². The van der Waals surface area contributed by atoms with Crippen molar-refractivity contribution in [2.45, 2.75) is 19.1 Å². The van der Waals surface area contributed by atoms with Gasteiger partial charge in [-0.3, -0.25) is 9.59 Å². The Bertz CT molecular complexity index is 564. The molecule has 0 unspecified atom stereocenters. The molecule has 2 N–H and O–H groups in total. The summed E-state index contributed by atoms with van der Waals surface area (Å²) in [5, 5.41) is 15.4. The van der Waals surface area contributed by atoms with Crippen molar-refractivity contribution in [1.82, 2.24) is 5.16 Å². The van der Waals surface area contributed by atoms with E-state index >= 15 is 0 Å². The second-order valence-electron chi connectivity index (χ2n) is 4.65. The number of hydrogen-bond donors (Lipinski definition) is 2. The van der Waals surface area contributed by atoms with E-state index in [9.17, 15) is 14.7 Å². The minimum Gasteiger partial charge on any atom is -0.481 e. The Morgan fingerprint density at radius 2 is 2.00 bits per heavy atom. The van der Waals surface area contributed by atoms with Crippen LogP contribution < -0.4 is 5.32 Å². The van der Waals surface area contributed by atoms with Gasteiger partial charge in [-0.05, 0) is 6.92 Å². The van der Waals surface area contributed by atoms with Crippen molar-refractivity contribution in [3.63, 3.8) is 0 Å². The highest BCUT2D eigenvalue weighted by Crippen LogP contribution is 2.39. The lowest BCUT2D eigenvalue weighted by Gasteiger charge is -2.20. The first-order chi connectivity index (χ1) is 9.06. The monoisotopic (exact) mass is 264 g/mol. The molecule has 2 aliphatic rings. The smallest absolute Gasteiger partial charge is 0.310 e. The minimum atomic E-state index is -1.03. The average molecular weight is 264 g/mol. The number of anilines is 1. The van der Waals surface area contributed by atoms with E-state index in [4.69, 9.17) is 9.26 Å². The molecule has 2 aliphatic heterocycles. The van der Waals surface area contributed by atoms with Crippen LogP contribution in [0.5, 0.6) is 0 Å². The van der Waals surface area contributed by atoms with Crippen molar-refractivity contribution in [2.24, 2.45) is 11.8 Å². The third-order valence-corrected chi connectivity index (χ3v) is 3.37. The number of aliphatic carboxylic acids is 1. The summed E-state index contributed by atoms with van der Waals surface area (Å²) in [5.74, 6) is -2.22. The number of hydrogen-bond acceptors (Lipinski definition) is 5. The summed E-state index contributed by atoms with van der Waals surface area (Å²) in [4.78, 5) is 23.4. The molecule has 100 valence electrons. The topological polar surface area (TPSA) is 102 Å². The third kappa shape index (κ3) is 1.91. The van der Waals surface area contributed by atoms with Crippen LogP contribution in [0.25, 0.3) is 0 Å². The Morgan fingerprint density at radius 3 is 2.58 bits per heavy atom. The standard InChI is InChI=1S/C12H12N2O5/c1-5-4-8(14-19-5)13-11(15)9-6-2-3-7(18-6)10(9)12(16)17/h2-4,6-7,9-10H,1H3,(H,16,17)(H,13,14,15)/t6-,7-,9-,10-/m0/s1. The summed E-state index contributed by atoms with van der Waals surface area (Å²) in [6.45, 7) is 1.70. The number of rotatable bonds is 3. The number of carboxylic acid groups (broad SMARTS) is 1. The largest absolute Gasteiger partial charge is 0.481 e. The van der Waals surface area contributed by atoms with Crippen molar-refractivity contribution in [3.05, 3.63) is 24.0 Å². The van der Waals surface area contributed by atoms with Gasteiger partial charge in [0.05, 0.1) is 18.1 Å². The van der Waals surface area contributed by atoms with Gasteiger partial charge in [0, 0.05) is 6.07 Å². The highest BCUT2D eigenvalue weighted by atomic mass is 16.5. The Hall–Kier alpha value is -2.15. The van der Waals surface area contributed by atoms with Crippen LogP contribution in [0.15, 0.2) is 22.7 Å². The van der Waals surface area contributed by atoms with Gasteiger partial charge in [0.1, 0.15) is 11.7 Å². The Kier molecular flexibility index (Phi) is 2.63. The van der Waals surface area contributed by atoms with E-state index in [2.05, 4.69) is 10.5 Å². The first-order valence-corrected chi connectivity index (χ1v) is 5.87. The number of fused-ring (bicyclic) bond motifs is 2. The molecule has 19 heavy (non-hydrogen) atoms. The maximum atomic E-state index is 12.2. The number of carboxylic acids is 1.